The van der Waals surface area contributed by atoms with Crippen molar-refractivity contribution >= 4 is 27.5 Å². The third-order valence-electron chi connectivity index (χ3n) is 2.58. The summed E-state index contributed by atoms with van der Waals surface area (Å²) in [5.41, 5.74) is 1.09. The topological polar surface area (TPSA) is 50.9 Å². The number of nitrogens with zero attached hydrogens (tertiary/aromatic N) is 3. The van der Waals surface area contributed by atoms with Crippen molar-refractivity contribution in [2.24, 2.45) is 0 Å². The van der Waals surface area contributed by atoms with Crippen molar-refractivity contribution in [2.75, 3.05) is 0 Å². The summed E-state index contributed by atoms with van der Waals surface area (Å²) in [5, 5.41) is 15.1. The molecular formula is C12H13BrClN3O. The quantitative estimate of drug-likeness (QED) is 0.939. The average molecular weight is 331 g/mol. The van der Waals surface area contributed by atoms with Gasteiger partial charge < -0.3 is 5.11 Å². The van der Waals surface area contributed by atoms with E-state index in [0.29, 0.717) is 16.4 Å². The van der Waals surface area contributed by atoms with Crippen molar-refractivity contribution in [1.82, 2.24) is 14.8 Å². The molecular weight excluding hydrogens is 318 g/mol. The molecule has 2 heterocycles. The van der Waals surface area contributed by atoms with Crippen LogP contribution in [0.2, 0.25) is 5.02 Å². The van der Waals surface area contributed by atoms with E-state index in [1.807, 2.05) is 13.8 Å². The molecule has 0 aliphatic carbocycles. The summed E-state index contributed by atoms with van der Waals surface area (Å²) in [5.74, 6) is 0. The van der Waals surface area contributed by atoms with Crippen molar-refractivity contribution in [2.45, 2.75) is 26.0 Å². The highest BCUT2D eigenvalue weighted by Crippen LogP contribution is 2.32. The van der Waals surface area contributed by atoms with Crippen LogP contribution in [0.4, 0.5) is 0 Å². The van der Waals surface area contributed by atoms with Gasteiger partial charge in [0.2, 0.25) is 0 Å². The summed E-state index contributed by atoms with van der Waals surface area (Å²) in [7, 11) is 0. The predicted molar refractivity (Wildman–Crippen MR) is 73.6 cm³/mol. The van der Waals surface area contributed by atoms with Crippen LogP contribution in [0.1, 0.15) is 37.4 Å². The van der Waals surface area contributed by atoms with Crippen LogP contribution in [-0.4, -0.2) is 19.9 Å². The molecule has 0 aromatic carbocycles. The van der Waals surface area contributed by atoms with Gasteiger partial charge in [0.15, 0.2) is 0 Å². The molecule has 6 heteroatoms. The van der Waals surface area contributed by atoms with E-state index in [4.69, 9.17) is 11.6 Å². The molecule has 2 rings (SSSR count). The Hall–Kier alpha value is -0.910. The van der Waals surface area contributed by atoms with Crippen LogP contribution in [0.25, 0.3) is 0 Å². The fourth-order valence-electron chi connectivity index (χ4n) is 1.75. The Bertz CT molecular complexity index is 556. The van der Waals surface area contributed by atoms with Crippen LogP contribution >= 0.6 is 27.5 Å². The highest BCUT2D eigenvalue weighted by molar-refractivity contribution is 9.10. The van der Waals surface area contributed by atoms with Crippen molar-refractivity contribution in [1.29, 1.82) is 0 Å². The minimum absolute atomic E-state index is 0.142. The molecule has 2 aromatic heterocycles. The molecule has 0 fully saturated rings. The van der Waals surface area contributed by atoms with Crippen LogP contribution in [0.3, 0.4) is 0 Å². The predicted octanol–water partition coefficient (Wildman–Crippen LogP) is 3.36. The van der Waals surface area contributed by atoms with Crippen molar-refractivity contribution in [3.05, 3.63) is 45.4 Å². The first-order valence-corrected chi connectivity index (χ1v) is 6.71. The second-order valence-electron chi connectivity index (χ2n) is 4.19. The number of rotatable bonds is 3. The summed E-state index contributed by atoms with van der Waals surface area (Å²) in [6, 6.07) is 3.58. The van der Waals surface area contributed by atoms with Gasteiger partial charge in [-0.05, 0) is 41.9 Å². The largest absolute Gasteiger partial charge is 0.380 e. The van der Waals surface area contributed by atoms with E-state index in [-0.39, 0.29) is 6.04 Å². The van der Waals surface area contributed by atoms with E-state index in [9.17, 15) is 5.11 Å². The van der Waals surface area contributed by atoms with E-state index < -0.39 is 6.10 Å². The molecule has 1 atom stereocenters. The summed E-state index contributed by atoms with van der Waals surface area (Å²) in [4.78, 5) is 4.13. The third kappa shape index (κ3) is 2.43. The Kier molecular flexibility index (Phi) is 4.04. The van der Waals surface area contributed by atoms with Crippen LogP contribution in [0.5, 0.6) is 0 Å². The Labute approximate surface area is 119 Å². The number of aliphatic hydroxyl groups excluding tert-OH is 1. The normalized spacial score (nSPS) is 13.0. The van der Waals surface area contributed by atoms with E-state index >= 15 is 0 Å². The summed E-state index contributed by atoms with van der Waals surface area (Å²) >= 11 is 9.45. The van der Waals surface area contributed by atoms with Gasteiger partial charge in [-0.1, -0.05) is 11.6 Å². The SMILES string of the molecule is CC(C)n1ncc(Br)c1C(O)c1ncccc1Cl. The Morgan fingerprint density at radius 1 is 1.44 bits per heavy atom. The Morgan fingerprint density at radius 2 is 2.17 bits per heavy atom. The van der Waals surface area contributed by atoms with Crippen LogP contribution in [0, 0.1) is 0 Å². The van der Waals surface area contributed by atoms with E-state index in [0.717, 1.165) is 4.47 Å². The van der Waals surface area contributed by atoms with Gasteiger partial charge in [0, 0.05) is 12.2 Å². The Morgan fingerprint density at radius 3 is 2.78 bits per heavy atom. The minimum Gasteiger partial charge on any atom is -0.380 e. The summed E-state index contributed by atoms with van der Waals surface area (Å²) in [6.07, 6.45) is 2.36. The first kappa shape index (κ1) is 13.5. The lowest BCUT2D eigenvalue weighted by molar-refractivity contribution is 0.199. The van der Waals surface area contributed by atoms with Crippen LogP contribution in [-0.2, 0) is 0 Å². The number of pyridine rings is 1. The number of hydrogen-bond donors (Lipinski definition) is 1. The molecule has 0 radical (unpaired) electrons. The molecule has 0 bridgehead atoms. The molecule has 0 saturated heterocycles. The van der Waals surface area contributed by atoms with Gasteiger partial charge in [0.1, 0.15) is 6.10 Å². The smallest absolute Gasteiger partial charge is 0.140 e. The summed E-state index contributed by atoms with van der Waals surface area (Å²) in [6.45, 7) is 3.99. The lowest BCUT2D eigenvalue weighted by Gasteiger charge is -2.17. The first-order chi connectivity index (χ1) is 8.52. The average Bonchev–Trinajstić information content (AvgIpc) is 2.71. The van der Waals surface area contributed by atoms with E-state index in [1.165, 1.54) is 0 Å². The van der Waals surface area contributed by atoms with Gasteiger partial charge in [-0.15, -0.1) is 0 Å². The summed E-state index contributed by atoms with van der Waals surface area (Å²) < 4.78 is 2.49. The zero-order valence-corrected chi connectivity index (χ0v) is 12.4. The molecule has 2 aromatic rings. The lowest BCUT2D eigenvalue weighted by Crippen LogP contribution is -2.13. The van der Waals surface area contributed by atoms with Crippen LogP contribution in [0.15, 0.2) is 29.0 Å². The first-order valence-electron chi connectivity index (χ1n) is 5.53. The minimum atomic E-state index is -0.905. The van der Waals surface area contributed by atoms with E-state index in [1.54, 1.807) is 29.2 Å². The van der Waals surface area contributed by atoms with Crippen molar-refractivity contribution in [3.8, 4) is 0 Å². The number of aromatic nitrogens is 3. The second-order valence-corrected chi connectivity index (χ2v) is 5.45. The molecule has 4 nitrogen and oxygen atoms in total. The zero-order chi connectivity index (χ0) is 13.3. The van der Waals surface area contributed by atoms with Gasteiger partial charge >= 0.3 is 0 Å². The lowest BCUT2D eigenvalue weighted by atomic mass is 10.1. The Balaban J connectivity index is 2.49. The number of halogens is 2. The maximum absolute atomic E-state index is 10.4. The highest BCUT2D eigenvalue weighted by Gasteiger charge is 2.23. The zero-order valence-electron chi connectivity index (χ0n) is 10.0. The number of hydrogen-bond acceptors (Lipinski definition) is 3. The monoisotopic (exact) mass is 329 g/mol. The van der Waals surface area contributed by atoms with E-state index in [2.05, 4.69) is 26.0 Å². The van der Waals surface area contributed by atoms with Gasteiger partial charge in [0.05, 0.1) is 27.1 Å². The maximum Gasteiger partial charge on any atom is 0.140 e. The number of aliphatic hydroxyl groups is 1. The van der Waals surface area contributed by atoms with Gasteiger partial charge in [-0.2, -0.15) is 5.10 Å². The molecule has 0 aliphatic rings. The molecule has 1 unspecified atom stereocenters. The molecule has 96 valence electrons. The fraction of sp³-hybridized carbons (Fsp3) is 0.333. The van der Waals surface area contributed by atoms with Crippen LogP contribution < -0.4 is 0 Å². The van der Waals surface area contributed by atoms with Gasteiger partial charge in [-0.3, -0.25) is 9.67 Å². The molecule has 18 heavy (non-hydrogen) atoms. The second kappa shape index (κ2) is 5.38. The molecule has 0 spiro atoms. The molecule has 1 N–H and O–H groups in total. The molecule has 0 aliphatic heterocycles. The van der Waals surface area contributed by atoms with Gasteiger partial charge in [-0.25, -0.2) is 0 Å². The van der Waals surface area contributed by atoms with Crippen molar-refractivity contribution in [3.63, 3.8) is 0 Å². The third-order valence-corrected chi connectivity index (χ3v) is 3.51. The maximum atomic E-state index is 10.4. The molecule has 0 saturated carbocycles. The highest BCUT2D eigenvalue weighted by atomic mass is 79.9. The molecule has 0 amide bonds. The van der Waals surface area contributed by atoms with Gasteiger partial charge in [0.25, 0.3) is 0 Å². The van der Waals surface area contributed by atoms with Crippen molar-refractivity contribution < 1.29 is 5.11 Å². The standard InChI is InChI=1S/C12H13BrClN3O/c1-7(2)17-11(8(13)6-16-17)12(18)10-9(14)4-3-5-15-10/h3-7,12,18H,1-2H3. The fourth-order valence-corrected chi connectivity index (χ4v) is 2.46.